The number of hydrogen-bond donors (Lipinski definition) is 3. The van der Waals surface area contributed by atoms with Crippen LogP contribution in [0, 0.1) is 21.8 Å². The molecule has 1 amide bonds. The molecular formula is C31H30BrClFN5O6. The molecule has 2 aromatic carbocycles. The van der Waals surface area contributed by atoms with Crippen LogP contribution >= 0.6 is 27.5 Å². The number of aliphatic hydroxyl groups excluding tert-OH is 1. The highest BCUT2D eigenvalue weighted by atomic mass is 79.9. The van der Waals surface area contributed by atoms with E-state index in [-0.39, 0.29) is 52.5 Å². The number of pyridine rings is 1. The summed E-state index contributed by atoms with van der Waals surface area (Å²) in [5.41, 5.74) is 0.246. The van der Waals surface area contributed by atoms with Crippen molar-refractivity contribution in [3.05, 3.63) is 96.5 Å². The van der Waals surface area contributed by atoms with E-state index >= 15 is 4.39 Å². The predicted molar refractivity (Wildman–Crippen MR) is 167 cm³/mol. The summed E-state index contributed by atoms with van der Waals surface area (Å²) in [6.45, 7) is 0.0726. The molecule has 3 aromatic rings. The van der Waals surface area contributed by atoms with Gasteiger partial charge in [0.15, 0.2) is 5.82 Å². The van der Waals surface area contributed by atoms with Crippen molar-refractivity contribution < 1.29 is 28.7 Å². The van der Waals surface area contributed by atoms with E-state index < -0.39 is 40.3 Å². The Kier molecular flexibility index (Phi) is 8.65. The number of nitrogens with one attached hydrogen (secondary N) is 2. The number of nitrogens with zero attached hydrogens (tertiary/aromatic N) is 3. The maximum absolute atomic E-state index is 16.1. The molecule has 2 fully saturated rings. The Morgan fingerprint density at radius 3 is 2.78 bits per heavy atom. The summed E-state index contributed by atoms with van der Waals surface area (Å²) in [5.74, 6) is -2.26. The molecule has 3 aliphatic rings. The molecule has 1 saturated heterocycles. The van der Waals surface area contributed by atoms with Gasteiger partial charge in [-0.05, 0) is 70.1 Å². The largest absolute Gasteiger partial charge is 0.465 e. The van der Waals surface area contributed by atoms with Crippen LogP contribution in [0.3, 0.4) is 0 Å². The van der Waals surface area contributed by atoms with Gasteiger partial charge in [0.05, 0.1) is 24.2 Å². The van der Waals surface area contributed by atoms with Crippen LogP contribution in [0.25, 0.3) is 0 Å². The highest BCUT2D eigenvalue weighted by molar-refractivity contribution is 9.10. The second-order valence-corrected chi connectivity index (χ2v) is 12.9. The number of ether oxygens (including phenoxy) is 1. The third-order valence-corrected chi connectivity index (χ3v) is 9.94. The molecule has 1 aromatic heterocycles. The van der Waals surface area contributed by atoms with Crippen LogP contribution < -0.4 is 10.6 Å². The first-order chi connectivity index (χ1) is 21.6. The molecule has 3 heterocycles. The van der Waals surface area contributed by atoms with Gasteiger partial charge in [-0.2, -0.15) is 0 Å². The number of benzene rings is 2. The molecule has 14 heteroatoms. The number of methoxy groups -OCH3 is 1. The number of nitro groups is 1. The van der Waals surface area contributed by atoms with Crippen LogP contribution in [0.5, 0.6) is 0 Å². The minimum absolute atomic E-state index is 0.0208. The summed E-state index contributed by atoms with van der Waals surface area (Å²) in [6.07, 6.45) is 3.60. The smallest absolute Gasteiger partial charge is 0.338 e. The number of aromatic nitrogens is 1. The molecule has 1 saturated carbocycles. The van der Waals surface area contributed by atoms with Crippen molar-refractivity contribution in [2.75, 3.05) is 25.6 Å². The van der Waals surface area contributed by atoms with Gasteiger partial charge < -0.3 is 20.5 Å². The van der Waals surface area contributed by atoms with Crippen molar-refractivity contribution in [1.29, 1.82) is 0 Å². The van der Waals surface area contributed by atoms with E-state index in [4.69, 9.17) is 16.3 Å². The third kappa shape index (κ3) is 5.61. The number of hydrogen-bond acceptors (Lipinski definition) is 9. The number of likely N-dealkylation sites (tertiary alicyclic amines) is 1. The molecule has 4 atom stereocenters. The molecule has 6 rings (SSSR count). The fourth-order valence-corrected chi connectivity index (χ4v) is 7.43. The van der Waals surface area contributed by atoms with Crippen LogP contribution in [0.2, 0.25) is 5.02 Å². The zero-order valence-corrected chi connectivity index (χ0v) is 26.5. The van der Waals surface area contributed by atoms with Crippen molar-refractivity contribution in [3.8, 4) is 0 Å². The molecule has 3 N–H and O–H groups in total. The first-order valence-corrected chi connectivity index (χ1v) is 15.6. The lowest BCUT2D eigenvalue weighted by atomic mass is 9.71. The van der Waals surface area contributed by atoms with Crippen LogP contribution in [-0.4, -0.2) is 69.7 Å². The van der Waals surface area contributed by atoms with Gasteiger partial charge in [-0.15, -0.1) is 0 Å². The highest BCUT2D eigenvalue weighted by Gasteiger charge is 2.65. The summed E-state index contributed by atoms with van der Waals surface area (Å²) >= 11 is 9.44. The molecule has 236 valence electrons. The van der Waals surface area contributed by atoms with Crippen LogP contribution in [0.15, 0.2) is 53.3 Å². The highest BCUT2D eigenvalue weighted by Crippen LogP contribution is 2.53. The lowest BCUT2D eigenvalue weighted by Gasteiger charge is -2.45. The molecule has 45 heavy (non-hydrogen) atoms. The molecule has 0 unspecified atom stereocenters. The summed E-state index contributed by atoms with van der Waals surface area (Å²) in [4.78, 5) is 44.0. The van der Waals surface area contributed by atoms with Gasteiger partial charge in [-0.3, -0.25) is 19.8 Å². The maximum Gasteiger partial charge on any atom is 0.338 e. The summed E-state index contributed by atoms with van der Waals surface area (Å²) in [7, 11) is 1.19. The Hall–Kier alpha value is -3.49. The molecule has 2 aliphatic heterocycles. The molecule has 11 nitrogen and oxygen atoms in total. The SMILES string of the molecule is COC(=O)c1ccc(CN[C@@H]2[C@H](CO)N(CC3CC3)[C@]3(Cc4ccc(Cl)cc4NC3=O)[C@H]2c2ccnc(Br)c2F)c([N+](=O)[O-])c1. The number of fused-ring (bicyclic) bond motifs is 1. The minimum atomic E-state index is -1.34. The Balaban J connectivity index is 1.48. The Labute approximate surface area is 271 Å². The fourth-order valence-electron chi connectivity index (χ4n) is 6.91. The number of esters is 1. The first kappa shape index (κ1) is 31.5. The van der Waals surface area contributed by atoms with Crippen LogP contribution in [-0.2, 0) is 22.5 Å². The number of carbonyl (C=O) groups excluding carboxylic acids is 2. The van der Waals surface area contributed by atoms with Gasteiger partial charge in [0.25, 0.3) is 5.69 Å². The Morgan fingerprint density at radius 2 is 2.09 bits per heavy atom. The van der Waals surface area contributed by atoms with Crippen molar-refractivity contribution in [2.24, 2.45) is 5.92 Å². The predicted octanol–water partition coefficient (Wildman–Crippen LogP) is 4.59. The van der Waals surface area contributed by atoms with Crippen LogP contribution in [0.4, 0.5) is 15.8 Å². The fraction of sp³-hybridized carbons (Fsp3) is 0.387. The van der Waals surface area contributed by atoms with E-state index in [1.54, 1.807) is 12.1 Å². The molecule has 0 bridgehead atoms. The van der Waals surface area contributed by atoms with Gasteiger partial charge in [0.2, 0.25) is 5.91 Å². The van der Waals surface area contributed by atoms with Crippen molar-refractivity contribution in [2.45, 2.75) is 49.3 Å². The lowest BCUT2D eigenvalue weighted by Crippen LogP contribution is -2.61. The van der Waals surface area contributed by atoms with Crippen molar-refractivity contribution >= 4 is 50.8 Å². The Morgan fingerprint density at radius 1 is 1.31 bits per heavy atom. The molecule has 1 spiro atoms. The third-order valence-electron chi connectivity index (χ3n) is 9.16. The lowest BCUT2D eigenvalue weighted by molar-refractivity contribution is -0.385. The van der Waals surface area contributed by atoms with E-state index in [1.165, 1.54) is 31.5 Å². The summed E-state index contributed by atoms with van der Waals surface area (Å²) in [6, 6.07) is 9.44. The second-order valence-electron chi connectivity index (χ2n) is 11.7. The van der Waals surface area contributed by atoms with Gasteiger partial charge >= 0.3 is 5.97 Å². The first-order valence-electron chi connectivity index (χ1n) is 14.5. The van der Waals surface area contributed by atoms with E-state index in [2.05, 4.69) is 31.5 Å². The van der Waals surface area contributed by atoms with E-state index in [9.17, 15) is 24.8 Å². The van der Waals surface area contributed by atoms with Gasteiger partial charge in [0.1, 0.15) is 10.1 Å². The van der Waals surface area contributed by atoms with Crippen molar-refractivity contribution in [3.63, 3.8) is 0 Å². The average molecular weight is 703 g/mol. The monoisotopic (exact) mass is 701 g/mol. The second kappa shape index (κ2) is 12.4. The zero-order chi connectivity index (χ0) is 32.0. The topological polar surface area (TPSA) is 147 Å². The molecular weight excluding hydrogens is 673 g/mol. The summed E-state index contributed by atoms with van der Waals surface area (Å²) in [5, 5.41) is 29.8. The quantitative estimate of drug-likeness (QED) is 0.126. The van der Waals surface area contributed by atoms with Gasteiger partial charge in [-0.25, -0.2) is 14.2 Å². The average Bonchev–Trinajstić information content (AvgIpc) is 3.81. The van der Waals surface area contributed by atoms with E-state index in [0.717, 1.165) is 24.5 Å². The number of aliphatic hydroxyl groups is 1. The van der Waals surface area contributed by atoms with Crippen molar-refractivity contribution in [1.82, 2.24) is 15.2 Å². The molecule has 0 radical (unpaired) electrons. The number of nitro benzene ring substituents is 1. The van der Waals surface area contributed by atoms with Gasteiger partial charge in [0, 0.05) is 66.0 Å². The number of halogens is 3. The van der Waals surface area contributed by atoms with Crippen LogP contribution in [0.1, 0.15) is 45.8 Å². The zero-order valence-electron chi connectivity index (χ0n) is 24.1. The number of anilines is 1. The normalized spacial score (nSPS) is 24.4. The maximum atomic E-state index is 16.1. The Bertz CT molecular complexity index is 1690. The van der Waals surface area contributed by atoms with E-state index in [0.29, 0.717) is 23.2 Å². The summed E-state index contributed by atoms with van der Waals surface area (Å²) < 4.78 is 20.8. The molecule has 1 aliphatic carbocycles. The van der Waals surface area contributed by atoms with E-state index in [1.807, 2.05) is 11.0 Å². The minimum Gasteiger partial charge on any atom is -0.465 e. The van der Waals surface area contributed by atoms with Gasteiger partial charge in [-0.1, -0.05) is 23.7 Å². The number of rotatable bonds is 9. The standard InChI is InChI=1S/C31H30BrClFN5O6/c1-45-29(41)17-4-5-19(23(10-17)39(43)44)13-36-27-24(15-40)38(14-16-2-3-16)31(25(27)21-8-9-35-28(32)26(21)34)12-18-6-7-20(33)11-22(18)37-30(31)42/h4-11,16,24-25,27,36,40H,2-3,12-15H2,1H3,(H,37,42)/t24-,25-,27+,31+/m0/s1. The number of amides is 1. The number of carbonyl (C=O) groups is 2.